The van der Waals surface area contributed by atoms with E-state index in [-0.39, 0.29) is 48.8 Å². The Labute approximate surface area is 240 Å². The number of para-hydroxylation sites is 1. The van der Waals surface area contributed by atoms with Gasteiger partial charge in [0, 0.05) is 24.2 Å². The van der Waals surface area contributed by atoms with Crippen LogP contribution in [-0.4, -0.2) is 32.8 Å². The van der Waals surface area contributed by atoms with Crippen molar-refractivity contribution in [2.75, 3.05) is 6.54 Å². The number of nitrogens with zero attached hydrogens (tertiary/aromatic N) is 3. The van der Waals surface area contributed by atoms with Gasteiger partial charge in [-0.25, -0.2) is 23.5 Å². The van der Waals surface area contributed by atoms with E-state index in [9.17, 15) is 14.0 Å². The summed E-state index contributed by atoms with van der Waals surface area (Å²) in [7, 11) is 0. The van der Waals surface area contributed by atoms with Gasteiger partial charge in [-0.2, -0.15) is 0 Å². The van der Waals surface area contributed by atoms with Crippen LogP contribution in [0.25, 0.3) is 0 Å². The third kappa shape index (κ3) is 8.18. The molecule has 214 valence electrons. The molecule has 0 saturated carbocycles. The number of benzene rings is 3. The Morgan fingerprint density at radius 3 is 2.49 bits per heavy atom. The predicted molar refractivity (Wildman–Crippen MR) is 155 cm³/mol. The molecule has 0 spiro atoms. The molecular weight excluding hydrogens is 551 g/mol. The van der Waals surface area contributed by atoms with Crippen molar-refractivity contribution in [3.05, 3.63) is 116 Å². The van der Waals surface area contributed by atoms with Gasteiger partial charge >= 0.3 is 11.4 Å². The maximum absolute atomic E-state index is 14.6. The second-order valence-electron chi connectivity index (χ2n) is 9.32. The number of ether oxygens (including phenoxy) is 2. The van der Waals surface area contributed by atoms with E-state index in [4.69, 9.17) is 26.5 Å². The van der Waals surface area contributed by atoms with Crippen molar-refractivity contribution in [3.8, 4) is 11.5 Å². The van der Waals surface area contributed by atoms with Crippen molar-refractivity contribution >= 4 is 23.3 Å². The summed E-state index contributed by atoms with van der Waals surface area (Å²) in [6, 6.07) is 19.8. The molecule has 41 heavy (non-hydrogen) atoms. The molecule has 4 aromatic rings. The number of hydrogen-bond donors (Lipinski definition) is 3. The first-order valence-corrected chi connectivity index (χ1v) is 13.3. The number of nitrogens with one attached hydrogen (secondary N) is 3. The van der Waals surface area contributed by atoms with Crippen LogP contribution >= 0.6 is 11.6 Å². The zero-order valence-electron chi connectivity index (χ0n) is 22.6. The standard InChI is InChI=1S/C29H30ClFN6O4/c1-19(2)40-25-14-13-22(17-24(25)31)34-27-35-28(38)36(29(39)37(27)18-20-9-11-21(30)12-10-20)16-6-15-33-26(32)41-23-7-4-3-5-8-23/h3-5,7-14,17,19H,6,15-16,18H2,1-2H3,(H2,32,33)(H,34,35,38). The summed E-state index contributed by atoms with van der Waals surface area (Å²) in [6.07, 6.45) is 0.138. The molecular formula is C29H30ClFN6O4. The van der Waals surface area contributed by atoms with Gasteiger partial charge in [-0.15, -0.1) is 0 Å². The molecule has 10 nitrogen and oxygen atoms in total. The summed E-state index contributed by atoms with van der Waals surface area (Å²) in [4.78, 5) is 33.5. The number of hydrogen-bond acceptors (Lipinski definition) is 6. The van der Waals surface area contributed by atoms with Crippen molar-refractivity contribution in [1.29, 1.82) is 5.41 Å². The monoisotopic (exact) mass is 580 g/mol. The maximum atomic E-state index is 14.6. The summed E-state index contributed by atoms with van der Waals surface area (Å²) < 4.78 is 27.8. The molecule has 3 N–H and O–H groups in total. The minimum atomic E-state index is -0.669. The molecule has 12 heteroatoms. The molecule has 0 saturated heterocycles. The second kappa shape index (κ2) is 13.6. The van der Waals surface area contributed by atoms with Gasteiger partial charge in [-0.05, 0) is 62.2 Å². The lowest BCUT2D eigenvalue weighted by Crippen LogP contribution is -2.50. The van der Waals surface area contributed by atoms with Gasteiger partial charge in [0.15, 0.2) is 11.6 Å². The number of H-pyrrole nitrogens is 1. The SMILES string of the molecule is CC(C)Oc1ccc(/N=c2\[nH]c(=O)n(CCCNC(=N)Oc3ccccc3)c(=O)n2Cc2ccc(Cl)cc2)cc1F. The first kappa shape index (κ1) is 29.3. The molecule has 0 amide bonds. The van der Waals surface area contributed by atoms with Crippen LogP contribution in [0, 0.1) is 11.2 Å². The van der Waals surface area contributed by atoms with E-state index in [1.54, 1.807) is 62.4 Å². The molecule has 0 aliphatic rings. The topological polar surface area (TPSA) is 126 Å². The third-order valence-corrected chi connectivity index (χ3v) is 6.01. The molecule has 1 heterocycles. The fourth-order valence-electron chi connectivity index (χ4n) is 3.87. The fourth-order valence-corrected chi connectivity index (χ4v) is 3.99. The Morgan fingerprint density at radius 2 is 1.80 bits per heavy atom. The number of aromatic amines is 1. The highest BCUT2D eigenvalue weighted by atomic mass is 35.5. The van der Waals surface area contributed by atoms with E-state index in [1.807, 2.05) is 6.07 Å². The summed E-state index contributed by atoms with van der Waals surface area (Å²) in [5, 5.41) is 11.3. The molecule has 0 bridgehead atoms. The van der Waals surface area contributed by atoms with Crippen molar-refractivity contribution in [2.24, 2.45) is 4.99 Å². The van der Waals surface area contributed by atoms with Crippen LogP contribution < -0.4 is 31.8 Å². The average molecular weight is 581 g/mol. The largest absolute Gasteiger partial charge is 0.488 e. The zero-order valence-corrected chi connectivity index (χ0v) is 23.3. The van der Waals surface area contributed by atoms with Crippen LogP contribution in [0.4, 0.5) is 10.1 Å². The Kier molecular flexibility index (Phi) is 9.75. The molecule has 0 radical (unpaired) electrons. The summed E-state index contributed by atoms with van der Waals surface area (Å²) in [5.41, 5.74) is -0.376. The van der Waals surface area contributed by atoms with Crippen LogP contribution in [0.2, 0.25) is 5.02 Å². The van der Waals surface area contributed by atoms with Crippen LogP contribution in [0.3, 0.4) is 0 Å². The average Bonchev–Trinajstić information content (AvgIpc) is 2.93. The molecule has 0 unspecified atom stereocenters. The first-order valence-electron chi connectivity index (χ1n) is 12.9. The molecule has 1 aromatic heterocycles. The molecule has 0 atom stereocenters. The van der Waals surface area contributed by atoms with Gasteiger partial charge in [0.2, 0.25) is 5.62 Å². The van der Waals surface area contributed by atoms with Crippen LogP contribution in [-0.2, 0) is 13.1 Å². The van der Waals surface area contributed by atoms with Crippen LogP contribution in [0.15, 0.2) is 87.4 Å². The van der Waals surface area contributed by atoms with Crippen molar-refractivity contribution in [2.45, 2.75) is 39.5 Å². The van der Waals surface area contributed by atoms with E-state index < -0.39 is 17.2 Å². The zero-order chi connectivity index (χ0) is 29.4. The highest BCUT2D eigenvalue weighted by Crippen LogP contribution is 2.23. The summed E-state index contributed by atoms with van der Waals surface area (Å²) >= 11 is 6.01. The first-order chi connectivity index (χ1) is 19.7. The minimum Gasteiger partial charge on any atom is -0.488 e. The van der Waals surface area contributed by atoms with E-state index in [0.717, 1.165) is 10.1 Å². The van der Waals surface area contributed by atoms with Gasteiger partial charge in [-0.1, -0.05) is 41.9 Å². The number of rotatable bonds is 10. The predicted octanol–water partition coefficient (Wildman–Crippen LogP) is 4.19. The molecule has 0 fully saturated rings. The second-order valence-corrected chi connectivity index (χ2v) is 9.75. The van der Waals surface area contributed by atoms with E-state index in [2.05, 4.69) is 15.3 Å². The third-order valence-electron chi connectivity index (χ3n) is 5.76. The Bertz CT molecular complexity index is 1680. The Hall–Kier alpha value is -4.64. The van der Waals surface area contributed by atoms with Crippen molar-refractivity contribution < 1.29 is 13.9 Å². The normalized spacial score (nSPS) is 11.5. The van der Waals surface area contributed by atoms with Crippen molar-refractivity contribution in [1.82, 2.24) is 19.4 Å². The minimum absolute atomic E-state index is 0.0423. The Balaban J connectivity index is 1.59. The molecule has 0 aliphatic carbocycles. The van der Waals surface area contributed by atoms with Crippen LogP contribution in [0.1, 0.15) is 25.8 Å². The smallest absolute Gasteiger partial charge is 0.335 e. The molecule has 0 aliphatic heterocycles. The Morgan fingerprint density at radius 1 is 1.07 bits per heavy atom. The van der Waals surface area contributed by atoms with Crippen LogP contribution in [0.5, 0.6) is 11.5 Å². The van der Waals surface area contributed by atoms with Gasteiger partial charge in [0.1, 0.15) is 5.75 Å². The van der Waals surface area contributed by atoms with Gasteiger partial charge in [0.05, 0.1) is 18.3 Å². The van der Waals surface area contributed by atoms with E-state index >= 15 is 0 Å². The van der Waals surface area contributed by atoms with Gasteiger partial charge in [0.25, 0.3) is 6.02 Å². The summed E-state index contributed by atoms with van der Waals surface area (Å²) in [6.45, 7) is 4.00. The highest BCUT2D eigenvalue weighted by molar-refractivity contribution is 6.30. The van der Waals surface area contributed by atoms with Gasteiger partial charge in [-0.3, -0.25) is 15.0 Å². The number of aromatic nitrogens is 3. The lowest BCUT2D eigenvalue weighted by atomic mass is 10.2. The highest BCUT2D eigenvalue weighted by Gasteiger charge is 2.12. The maximum Gasteiger partial charge on any atom is 0.335 e. The molecule has 4 rings (SSSR count). The van der Waals surface area contributed by atoms with E-state index in [1.165, 1.54) is 22.8 Å². The molecule has 3 aromatic carbocycles. The number of amidine groups is 1. The lowest BCUT2D eigenvalue weighted by Gasteiger charge is -2.13. The summed E-state index contributed by atoms with van der Waals surface area (Å²) in [5.74, 6) is -0.0239. The quantitative estimate of drug-likeness (QED) is 0.147. The lowest BCUT2D eigenvalue weighted by molar-refractivity contribution is 0.231. The van der Waals surface area contributed by atoms with Gasteiger partial charge < -0.3 is 14.8 Å². The van der Waals surface area contributed by atoms with E-state index in [0.29, 0.717) is 17.2 Å². The van der Waals surface area contributed by atoms with Crippen molar-refractivity contribution in [3.63, 3.8) is 0 Å². The number of halogens is 2. The fraction of sp³-hybridized carbons (Fsp3) is 0.241.